The second-order valence-corrected chi connectivity index (χ2v) is 7.77. The van der Waals surface area contributed by atoms with E-state index < -0.39 is 10.1 Å². The minimum absolute atomic E-state index is 0.120. The Labute approximate surface area is 143 Å². The molecule has 0 heterocycles. The predicted octanol–water partition coefficient (Wildman–Crippen LogP) is 4.09. The second kappa shape index (κ2) is 7.36. The molecular formula is C19H22O4S. The van der Waals surface area contributed by atoms with E-state index in [9.17, 15) is 8.42 Å². The van der Waals surface area contributed by atoms with E-state index >= 15 is 0 Å². The van der Waals surface area contributed by atoms with Crippen LogP contribution in [0.25, 0.3) is 0 Å². The van der Waals surface area contributed by atoms with Gasteiger partial charge in [0.2, 0.25) is 0 Å². The van der Waals surface area contributed by atoms with Crippen LogP contribution in [0.1, 0.15) is 31.2 Å². The second-order valence-electron chi connectivity index (χ2n) is 6.19. The predicted molar refractivity (Wildman–Crippen MR) is 92.6 cm³/mol. The number of hydrogen-bond donors (Lipinski definition) is 0. The van der Waals surface area contributed by atoms with Crippen molar-refractivity contribution in [3.8, 4) is 5.75 Å². The molecule has 0 aliphatic heterocycles. The van der Waals surface area contributed by atoms with Crippen LogP contribution in [0, 0.1) is 6.92 Å². The van der Waals surface area contributed by atoms with Gasteiger partial charge in [-0.25, -0.2) is 0 Å². The molecule has 2 aromatic carbocycles. The Bertz CT molecular complexity index is 746. The quantitative estimate of drug-likeness (QED) is 0.765. The van der Waals surface area contributed by atoms with Gasteiger partial charge in [0.25, 0.3) is 10.1 Å². The van der Waals surface area contributed by atoms with Gasteiger partial charge >= 0.3 is 0 Å². The van der Waals surface area contributed by atoms with Crippen LogP contribution >= 0.6 is 0 Å². The van der Waals surface area contributed by atoms with Crippen molar-refractivity contribution in [3.63, 3.8) is 0 Å². The highest BCUT2D eigenvalue weighted by atomic mass is 32.2. The average molecular weight is 346 g/mol. The lowest BCUT2D eigenvalue weighted by atomic mass is 9.95. The molecule has 0 aromatic heterocycles. The summed E-state index contributed by atoms with van der Waals surface area (Å²) in [6.07, 6.45) is 2.80. The minimum atomic E-state index is -3.69. The van der Waals surface area contributed by atoms with E-state index in [-0.39, 0.29) is 17.1 Å². The Kier molecular flexibility index (Phi) is 5.21. The first-order valence-electron chi connectivity index (χ1n) is 8.24. The molecule has 0 unspecified atom stereocenters. The molecule has 0 amide bonds. The van der Waals surface area contributed by atoms with Gasteiger partial charge in [-0.15, -0.1) is 0 Å². The molecule has 1 saturated carbocycles. The molecule has 0 atom stereocenters. The first kappa shape index (κ1) is 17.0. The van der Waals surface area contributed by atoms with E-state index in [1.165, 1.54) is 0 Å². The Morgan fingerprint density at radius 2 is 1.42 bits per heavy atom. The van der Waals surface area contributed by atoms with Crippen molar-refractivity contribution in [1.82, 2.24) is 0 Å². The van der Waals surface area contributed by atoms with Crippen LogP contribution in [0.4, 0.5) is 0 Å². The maximum Gasteiger partial charge on any atom is 0.297 e. The van der Waals surface area contributed by atoms with Crippen molar-refractivity contribution in [1.29, 1.82) is 0 Å². The van der Waals surface area contributed by atoms with Crippen LogP contribution in [-0.4, -0.2) is 20.6 Å². The molecule has 1 fully saturated rings. The number of benzene rings is 2. The summed E-state index contributed by atoms with van der Waals surface area (Å²) < 4.78 is 36.0. The van der Waals surface area contributed by atoms with Crippen molar-refractivity contribution in [2.75, 3.05) is 0 Å². The Morgan fingerprint density at radius 3 is 2.04 bits per heavy atom. The van der Waals surface area contributed by atoms with Crippen LogP contribution in [0.15, 0.2) is 59.5 Å². The van der Waals surface area contributed by atoms with Gasteiger partial charge in [-0.2, -0.15) is 8.42 Å². The molecule has 3 rings (SSSR count). The fraction of sp³-hybridized carbons (Fsp3) is 0.368. The van der Waals surface area contributed by atoms with Crippen LogP contribution < -0.4 is 4.74 Å². The van der Waals surface area contributed by atoms with E-state index in [0.717, 1.165) is 24.2 Å². The molecule has 128 valence electrons. The summed E-state index contributed by atoms with van der Waals surface area (Å²) >= 11 is 0. The van der Waals surface area contributed by atoms with Crippen LogP contribution in [0.5, 0.6) is 5.75 Å². The van der Waals surface area contributed by atoms with Crippen molar-refractivity contribution >= 4 is 10.1 Å². The lowest BCUT2D eigenvalue weighted by Crippen LogP contribution is -2.29. The lowest BCUT2D eigenvalue weighted by molar-refractivity contribution is 0.0842. The van der Waals surface area contributed by atoms with Gasteiger partial charge < -0.3 is 4.74 Å². The third-order valence-electron chi connectivity index (χ3n) is 4.24. The number of para-hydroxylation sites is 1. The van der Waals surface area contributed by atoms with E-state index in [2.05, 4.69) is 0 Å². The largest absolute Gasteiger partial charge is 0.490 e. The minimum Gasteiger partial charge on any atom is -0.490 e. The SMILES string of the molecule is Cc1ccc(S(=O)(=O)O[C@H]2CC[C@@H](Oc3ccccc3)CC2)cc1. The molecule has 4 nitrogen and oxygen atoms in total. The molecule has 1 aliphatic carbocycles. The van der Waals surface area contributed by atoms with Crippen LogP contribution in [0.3, 0.4) is 0 Å². The van der Waals surface area contributed by atoms with Crippen molar-refractivity contribution < 1.29 is 17.3 Å². The van der Waals surface area contributed by atoms with Gasteiger partial charge in [0.05, 0.1) is 17.1 Å². The first-order chi connectivity index (χ1) is 11.5. The topological polar surface area (TPSA) is 52.6 Å². The van der Waals surface area contributed by atoms with E-state index in [0.29, 0.717) is 12.8 Å². The summed E-state index contributed by atoms with van der Waals surface area (Å²) in [5.41, 5.74) is 1.02. The molecule has 0 radical (unpaired) electrons. The fourth-order valence-corrected chi connectivity index (χ4v) is 4.01. The summed E-state index contributed by atoms with van der Waals surface area (Å²) in [4.78, 5) is 0.218. The standard InChI is InChI=1S/C19H22O4S/c1-15-7-13-19(14-8-15)24(20,21)23-18-11-9-17(10-12-18)22-16-5-3-2-4-6-16/h2-8,13-14,17-18H,9-12H2,1H3/t17-,18+. The number of hydrogen-bond acceptors (Lipinski definition) is 4. The van der Waals surface area contributed by atoms with E-state index in [1.807, 2.05) is 37.3 Å². The summed E-state index contributed by atoms with van der Waals surface area (Å²) in [6.45, 7) is 1.92. The highest BCUT2D eigenvalue weighted by Crippen LogP contribution is 2.28. The molecule has 24 heavy (non-hydrogen) atoms. The lowest BCUT2D eigenvalue weighted by Gasteiger charge is -2.28. The van der Waals surface area contributed by atoms with Gasteiger partial charge in [0.1, 0.15) is 5.75 Å². The molecule has 0 N–H and O–H groups in total. The summed E-state index contributed by atoms with van der Waals surface area (Å²) in [5.74, 6) is 0.856. The maximum absolute atomic E-state index is 12.3. The zero-order valence-electron chi connectivity index (χ0n) is 13.7. The fourth-order valence-electron chi connectivity index (χ4n) is 2.88. The van der Waals surface area contributed by atoms with Crippen LogP contribution in [-0.2, 0) is 14.3 Å². The Hall–Kier alpha value is -1.85. The summed E-state index contributed by atoms with van der Waals surface area (Å²) in [7, 11) is -3.69. The monoisotopic (exact) mass is 346 g/mol. The molecule has 0 bridgehead atoms. The first-order valence-corrected chi connectivity index (χ1v) is 9.65. The molecule has 1 aliphatic rings. The Morgan fingerprint density at radius 1 is 0.833 bits per heavy atom. The van der Waals surface area contributed by atoms with Gasteiger partial charge in [0.15, 0.2) is 0 Å². The number of ether oxygens (including phenoxy) is 1. The van der Waals surface area contributed by atoms with E-state index in [1.54, 1.807) is 24.3 Å². The van der Waals surface area contributed by atoms with Crippen molar-refractivity contribution in [2.45, 2.75) is 49.7 Å². The van der Waals surface area contributed by atoms with Gasteiger partial charge in [0, 0.05) is 0 Å². The number of aryl methyl sites for hydroxylation is 1. The molecule has 0 spiro atoms. The highest BCUT2D eigenvalue weighted by Gasteiger charge is 2.28. The third-order valence-corrected chi connectivity index (χ3v) is 5.61. The summed E-state index contributed by atoms with van der Waals surface area (Å²) in [6, 6.07) is 16.4. The molecule has 5 heteroatoms. The Balaban J connectivity index is 1.54. The zero-order chi connectivity index (χ0) is 17.0. The number of rotatable bonds is 5. The van der Waals surface area contributed by atoms with Gasteiger partial charge in [-0.1, -0.05) is 35.9 Å². The molecule has 2 aromatic rings. The van der Waals surface area contributed by atoms with Gasteiger partial charge in [-0.3, -0.25) is 4.18 Å². The maximum atomic E-state index is 12.3. The smallest absolute Gasteiger partial charge is 0.297 e. The zero-order valence-corrected chi connectivity index (χ0v) is 14.5. The van der Waals surface area contributed by atoms with E-state index in [4.69, 9.17) is 8.92 Å². The van der Waals surface area contributed by atoms with Gasteiger partial charge in [-0.05, 0) is 56.9 Å². The van der Waals surface area contributed by atoms with Crippen LogP contribution in [0.2, 0.25) is 0 Å². The average Bonchev–Trinajstić information content (AvgIpc) is 2.58. The highest BCUT2D eigenvalue weighted by molar-refractivity contribution is 7.86. The van der Waals surface area contributed by atoms with Crippen molar-refractivity contribution in [3.05, 3.63) is 60.2 Å². The third kappa shape index (κ3) is 4.36. The summed E-state index contributed by atoms with van der Waals surface area (Å²) in [5, 5.41) is 0. The molecule has 0 saturated heterocycles. The normalized spacial score (nSPS) is 21.4. The van der Waals surface area contributed by atoms with Crippen molar-refractivity contribution in [2.24, 2.45) is 0 Å². The molecular weight excluding hydrogens is 324 g/mol.